The molecule has 1 aliphatic rings. The van der Waals surface area contributed by atoms with E-state index in [-0.39, 0.29) is 18.0 Å². The molecule has 0 bridgehead atoms. The Morgan fingerprint density at radius 2 is 2.05 bits per heavy atom. The van der Waals surface area contributed by atoms with Crippen molar-refractivity contribution in [1.82, 2.24) is 10.2 Å². The fourth-order valence-electron chi connectivity index (χ4n) is 2.56. The van der Waals surface area contributed by atoms with Crippen LogP contribution in [0.15, 0.2) is 24.3 Å². The smallest absolute Gasteiger partial charge is 0.317 e. The van der Waals surface area contributed by atoms with Gasteiger partial charge in [-0.2, -0.15) is 0 Å². The first-order chi connectivity index (χ1) is 10.5. The van der Waals surface area contributed by atoms with E-state index in [0.717, 1.165) is 30.6 Å². The van der Waals surface area contributed by atoms with E-state index < -0.39 is 0 Å². The number of hydrogen-bond donors (Lipinski definition) is 1. The second kappa shape index (κ2) is 7.29. The lowest BCUT2D eigenvalue weighted by Gasteiger charge is -2.21. The van der Waals surface area contributed by atoms with Gasteiger partial charge in [0, 0.05) is 32.2 Å². The van der Waals surface area contributed by atoms with Gasteiger partial charge in [-0.05, 0) is 25.5 Å². The molecule has 1 aromatic rings. The van der Waals surface area contributed by atoms with E-state index in [2.05, 4.69) is 12.2 Å². The Labute approximate surface area is 132 Å². The SMILES string of the molecule is CCCCN(C)C(=O)N[C@@H]1CC(=O)N(c2ccc(C)cc2)C1. The standard InChI is InChI=1S/C17H25N3O2/c1-4-5-10-19(3)17(22)18-14-11-16(21)20(12-14)15-8-6-13(2)7-9-15/h6-9,14H,4-5,10-12H2,1-3H3,(H,18,22)/t14-/m1/s1. The molecule has 1 aromatic carbocycles. The molecule has 0 aromatic heterocycles. The quantitative estimate of drug-likeness (QED) is 0.909. The first-order valence-electron chi connectivity index (χ1n) is 7.90. The first kappa shape index (κ1) is 16.3. The number of amides is 3. The van der Waals surface area contributed by atoms with Gasteiger partial charge < -0.3 is 15.1 Å². The van der Waals surface area contributed by atoms with Crippen molar-refractivity contribution in [2.45, 2.75) is 39.2 Å². The van der Waals surface area contributed by atoms with Gasteiger partial charge in [0.1, 0.15) is 0 Å². The summed E-state index contributed by atoms with van der Waals surface area (Å²) in [5.41, 5.74) is 2.06. The lowest BCUT2D eigenvalue weighted by Crippen LogP contribution is -2.44. The van der Waals surface area contributed by atoms with Crippen LogP contribution in [-0.2, 0) is 4.79 Å². The highest BCUT2D eigenvalue weighted by atomic mass is 16.2. The highest BCUT2D eigenvalue weighted by Crippen LogP contribution is 2.22. The Kier molecular flexibility index (Phi) is 5.41. The predicted octanol–water partition coefficient (Wildman–Crippen LogP) is 2.54. The molecule has 1 N–H and O–H groups in total. The topological polar surface area (TPSA) is 52.7 Å². The number of carbonyl (C=O) groups is 2. The molecule has 120 valence electrons. The van der Waals surface area contributed by atoms with Gasteiger partial charge in [-0.25, -0.2) is 4.79 Å². The second-order valence-corrected chi connectivity index (χ2v) is 5.97. The molecule has 5 heteroatoms. The first-order valence-corrected chi connectivity index (χ1v) is 7.90. The zero-order valence-electron chi connectivity index (χ0n) is 13.6. The molecule has 1 fully saturated rings. The number of nitrogens with one attached hydrogen (secondary N) is 1. The Balaban J connectivity index is 1.92. The maximum Gasteiger partial charge on any atom is 0.317 e. The Morgan fingerprint density at radius 1 is 1.36 bits per heavy atom. The Bertz CT molecular complexity index is 527. The van der Waals surface area contributed by atoms with Crippen LogP contribution in [0.4, 0.5) is 10.5 Å². The molecule has 1 aliphatic heterocycles. The third-order valence-corrected chi connectivity index (χ3v) is 3.99. The molecule has 0 radical (unpaired) electrons. The van der Waals surface area contributed by atoms with E-state index in [1.54, 1.807) is 16.8 Å². The van der Waals surface area contributed by atoms with E-state index >= 15 is 0 Å². The Hall–Kier alpha value is -2.04. The second-order valence-electron chi connectivity index (χ2n) is 5.97. The van der Waals surface area contributed by atoms with E-state index in [9.17, 15) is 9.59 Å². The number of nitrogens with zero attached hydrogens (tertiary/aromatic N) is 2. The summed E-state index contributed by atoms with van der Waals surface area (Å²) in [6, 6.07) is 7.66. The van der Waals surface area contributed by atoms with E-state index in [1.165, 1.54) is 0 Å². The minimum absolute atomic E-state index is 0.0605. The van der Waals surface area contributed by atoms with Crippen molar-refractivity contribution < 1.29 is 9.59 Å². The van der Waals surface area contributed by atoms with Crippen LogP contribution in [0.1, 0.15) is 31.7 Å². The summed E-state index contributed by atoms with van der Waals surface area (Å²) in [6.45, 7) is 5.39. The van der Waals surface area contributed by atoms with Crippen LogP contribution in [0.3, 0.4) is 0 Å². The summed E-state index contributed by atoms with van der Waals surface area (Å²) in [5, 5.41) is 2.95. The summed E-state index contributed by atoms with van der Waals surface area (Å²) < 4.78 is 0. The average Bonchev–Trinajstić information content (AvgIpc) is 2.86. The molecule has 1 atom stereocenters. The molecule has 0 aliphatic carbocycles. The van der Waals surface area contributed by atoms with Crippen LogP contribution in [0, 0.1) is 6.92 Å². The average molecular weight is 303 g/mol. The van der Waals surface area contributed by atoms with Crippen molar-refractivity contribution in [2.75, 3.05) is 25.0 Å². The van der Waals surface area contributed by atoms with E-state index in [4.69, 9.17) is 0 Å². The molecule has 1 heterocycles. The van der Waals surface area contributed by atoms with Gasteiger partial charge in [0.05, 0.1) is 6.04 Å². The molecule has 1 saturated heterocycles. The van der Waals surface area contributed by atoms with Crippen LogP contribution >= 0.6 is 0 Å². The van der Waals surface area contributed by atoms with Crippen molar-refractivity contribution in [1.29, 1.82) is 0 Å². The number of unbranched alkanes of at least 4 members (excludes halogenated alkanes) is 1. The van der Waals surface area contributed by atoms with Crippen LogP contribution in [0.2, 0.25) is 0 Å². The van der Waals surface area contributed by atoms with Gasteiger partial charge >= 0.3 is 6.03 Å². The van der Waals surface area contributed by atoms with Crippen molar-refractivity contribution in [2.24, 2.45) is 0 Å². The summed E-state index contributed by atoms with van der Waals surface area (Å²) in [5.74, 6) is 0.0605. The Morgan fingerprint density at radius 3 is 2.68 bits per heavy atom. The summed E-state index contributed by atoms with van der Waals surface area (Å²) >= 11 is 0. The van der Waals surface area contributed by atoms with Crippen molar-refractivity contribution >= 4 is 17.6 Å². The van der Waals surface area contributed by atoms with Crippen LogP contribution in [0.25, 0.3) is 0 Å². The number of hydrogen-bond acceptors (Lipinski definition) is 2. The molecule has 0 unspecified atom stereocenters. The molecule has 2 rings (SSSR count). The number of aryl methyl sites for hydroxylation is 1. The van der Waals surface area contributed by atoms with Crippen molar-refractivity contribution in [3.05, 3.63) is 29.8 Å². The number of urea groups is 1. The van der Waals surface area contributed by atoms with E-state index in [0.29, 0.717) is 13.0 Å². The molecule has 22 heavy (non-hydrogen) atoms. The maximum atomic E-state index is 12.2. The third-order valence-electron chi connectivity index (χ3n) is 3.99. The third kappa shape index (κ3) is 4.00. The van der Waals surface area contributed by atoms with Crippen LogP contribution in [0.5, 0.6) is 0 Å². The van der Waals surface area contributed by atoms with Gasteiger partial charge in [0.25, 0.3) is 0 Å². The summed E-state index contributed by atoms with van der Waals surface area (Å²) in [7, 11) is 1.79. The van der Waals surface area contributed by atoms with Crippen LogP contribution < -0.4 is 10.2 Å². The number of benzene rings is 1. The minimum atomic E-state index is -0.120. The number of rotatable bonds is 5. The zero-order chi connectivity index (χ0) is 16.1. The van der Waals surface area contributed by atoms with Crippen molar-refractivity contribution in [3.63, 3.8) is 0 Å². The van der Waals surface area contributed by atoms with Gasteiger partial charge in [-0.15, -0.1) is 0 Å². The van der Waals surface area contributed by atoms with Gasteiger partial charge in [0.15, 0.2) is 0 Å². The van der Waals surface area contributed by atoms with Crippen LogP contribution in [-0.4, -0.2) is 43.0 Å². The van der Waals surface area contributed by atoms with Gasteiger partial charge in [0.2, 0.25) is 5.91 Å². The highest BCUT2D eigenvalue weighted by Gasteiger charge is 2.31. The molecular weight excluding hydrogens is 278 g/mol. The maximum absolute atomic E-state index is 12.2. The summed E-state index contributed by atoms with van der Waals surface area (Å²) in [4.78, 5) is 27.7. The zero-order valence-corrected chi connectivity index (χ0v) is 13.6. The monoisotopic (exact) mass is 303 g/mol. The molecule has 0 spiro atoms. The number of anilines is 1. The van der Waals surface area contributed by atoms with Gasteiger partial charge in [-0.3, -0.25) is 4.79 Å². The van der Waals surface area contributed by atoms with Gasteiger partial charge in [-0.1, -0.05) is 31.0 Å². The number of carbonyl (C=O) groups excluding carboxylic acids is 2. The minimum Gasteiger partial charge on any atom is -0.333 e. The normalized spacial score (nSPS) is 17.7. The predicted molar refractivity (Wildman–Crippen MR) is 88.0 cm³/mol. The highest BCUT2D eigenvalue weighted by molar-refractivity contribution is 5.96. The van der Waals surface area contributed by atoms with Crippen molar-refractivity contribution in [3.8, 4) is 0 Å². The fraction of sp³-hybridized carbons (Fsp3) is 0.529. The molecule has 5 nitrogen and oxygen atoms in total. The molecular formula is C17H25N3O2. The fourth-order valence-corrected chi connectivity index (χ4v) is 2.56. The lowest BCUT2D eigenvalue weighted by molar-refractivity contribution is -0.117. The van der Waals surface area contributed by atoms with E-state index in [1.807, 2.05) is 31.2 Å². The lowest BCUT2D eigenvalue weighted by atomic mass is 10.2. The largest absolute Gasteiger partial charge is 0.333 e. The molecule has 0 saturated carbocycles. The summed E-state index contributed by atoms with van der Waals surface area (Å²) in [6.07, 6.45) is 2.41. The molecule has 3 amide bonds.